The summed E-state index contributed by atoms with van der Waals surface area (Å²) in [6.07, 6.45) is 12.6. The molecule has 0 radical (unpaired) electrons. The highest BCUT2D eigenvalue weighted by Crippen LogP contribution is 2.35. The molecule has 1 atom stereocenters. The van der Waals surface area contributed by atoms with Gasteiger partial charge in [0.2, 0.25) is 0 Å². The SMILES string of the molecule is CCCC1CCC(NC2CCCc3sccc32)CC1. The summed E-state index contributed by atoms with van der Waals surface area (Å²) in [5.74, 6) is 1.02. The van der Waals surface area contributed by atoms with Gasteiger partial charge in [-0.05, 0) is 67.9 Å². The molecule has 0 aromatic carbocycles. The smallest absolute Gasteiger partial charge is 0.0333 e. The van der Waals surface area contributed by atoms with E-state index >= 15 is 0 Å². The highest BCUT2D eigenvalue weighted by Gasteiger charge is 2.26. The summed E-state index contributed by atoms with van der Waals surface area (Å²) >= 11 is 1.96. The monoisotopic (exact) mass is 277 g/mol. The average Bonchev–Trinajstić information content (AvgIpc) is 2.91. The lowest BCUT2D eigenvalue weighted by Crippen LogP contribution is -2.37. The molecule has 1 saturated carbocycles. The number of nitrogens with one attached hydrogen (secondary N) is 1. The summed E-state index contributed by atoms with van der Waals surface area (Å²) in [5.41, 5.74) is 1.62. The van der Waals surface area contributed by atoms with E-state index in [1.807, 2.05) is 11.3 Å². The second kappa shape index (κ2) is 6.41. The zero-order valence-corrected chi connectivity index (χ0v) is 13.0. The highest BCUT2D eigenvalue weighted by molar-refractivity contribution is 7.10. The summed E-state index contributed by atoms with van der Waals surface area (Å²) in [6.45, 7) is 2.32. The molecule has 1 fully saturated rings. The Kier molecular flexibility index (Phi) is 4.60. The number of fused-ring (bicyclic) bond motifs is 1. The lowest BCUT2D eigenvalue weighted by atomic mass is 9.82. The maximum Gasteiger partial charge on any atom is 0.0333 e. The Bertz CT molecular complexity index is 390. The Labute approximate surface area is 121 Å². The van der Waals surface area contributed by atoms with E-state index < -0.39 is 0 Å². The van der Waals surface area contributed by atoms with E-state index in [0.717, 1.165) is 12.0 Å². The van der Waals surface area contributed by atoms with Gasteiger partial charge in [-0.1, -0.05) is 19.8 Å². The van der Waals surface area contributed by atoms with Crippen LogP contribution in [0.15, 0.2) is 11.4 Å². The number of hydrogen-bond acceptors (Lipinski definition) is 2. The van der Waals surface area contributed by atoms with Crippen LogP contribution in [0.2, 0.25) is 0 Å². The Morgan fingerprint density at radius 2 is 2.05 bits per heavy atom. The van der Waals surface area contributed by atoms with Gasteiger partial charge in [-0.25, -0.2) is 0 Å². The molecule has 0 aliphatic heterocycles. The van der Waals surface area contributed by atoms with Gasteiger partial charge in [0.1, 0.15) is 0 Å². The molecule has 19 heavy (non-hydrogen) atoms. The molecule has 1 aromatic heterocycles. The molecule has 2 heteroatoms. The fraction of sp³-hybridized carbons (Fsp3) is 0.765. The molecule has 1 unspecified atom stereocenters. The summed E-state index contributed by atoms with van der Waals surface area (Å²) in [5, 5.41) is 6.25. The van der Waals surface area contributed by atoms with Crippen LogP contribution in [0.5, 0.6) is 0 Å². The van der Waals surface area contributed by atoms with Crippen molar-refractivity contribution in [2.45, 2.75) is 76.8 Å². The number of thiophene rings is 1. The average molecular weight is 277 g/mol. The summed E-state index contributed by atoms with van der Waals surface area (Å²) < 4.78 is 0. The van der Waals surface area contributed by atoms with Crippen LogP contribution in [0.1, 0.15) is 74.8 Å². The first-order valence-electron chi connectivity index (χ1n) is 8.19. The van der Waals surface area contributed by atoms with Crippen molar-refractivity contribution < 1.29 is 0 Å². The van der Waals surface area contributed by atoms with Crippen LogP contribution in [0.25, 0.3) is 0 Å². The van der Waals surface area contributed by atoms with Crippen LogP contribution in [-0.4, -0.2) is 6.04 Å². The van der Waals surface area contributed by atoms with Gasteiger partial charge in [0.15, 0.2) is 0 Å². The molecule has 0 bridgehead atoms. The number of rotatable bonds is 4. The van der Waals surface area contributed by atoms with Gasteiger partial charge in [-0.3, -0.25) is 0 Å². The van der Waals surface area contributed by atoms with Crippen molar-refractivity contribution in [3.8, 4) is 0 Å². The largest absolute Gasteiger partial charge is 0.307 e. The van der Waals surface area contributed by atoms with Gasteiger partial charge < -0.3 is 5.32 Å². The van der Waals surface area contributed by atoms with E-state index in [0.29, 0.717) is 6.04 Å². The van der Waals surface area contributed by atoms with Crippen LogP contribution in [-0.2, 0) is 6.42 Å². The standard InChI is InChI=1S/C17H27NS/c1-2-4-13-7-9-14(10-8-13)18-16-5-3-6-17-15(16)11-12-19-17/h11-14,16,18H,2-10H2,1H3. The molecule has 3 rings (SSSR count). The molecule has 1 N–H and O–H groups in total. The first-order chi connectivity index (χ1) is 9.36. The van der Waals surface area contributed by atoms with Crippen molar-refractivity contribution >= 4 is 11.3 Å². The van der Waals surface area contributed by atoms with E-state index in [9.17, 15) is 0 Å². The van der Waals surface area contributed by atoms with Crippen LogP contribution < -0.4 is 5.32 Å². The molecule has 0 saturated heterocycles. The summed E-state index contributed by atoms with van der Waals surface area (Å²) in [7, 11) is 0. The Balaban J connectivity index is 1.54. The molecule has 2 aliphatic rings. The lowest BCUT2D eigenvalue weighted by molar-refractivity contribution is 0.256. The molecule has 106 valence electrons. The van der Waals surface area contributed by atoms with Crippen molar-refractivity contribution in [2.24, 2.45) is 5.92 Å². The van der Waals surface area contributed by atoms with Crippen LogP contribution in [0.3, 0.4) is 0 Å². The van der Waals surface area contributed by atoms with Gasteiger partial charge in [0, 0.05) is 17.0 Å². The first kappa shape index (κ1) is 13.6. The van der Waals surface area contributed by atoms with Crippen molar-refractivity contribution in [3.63, 3.8) is 0 Å². The van der Waals surface area contributed by atoms with E-state index in [1.165, 1.54) is 57.8 Å². The predicted octanol–water partition coefficient (Wildman–Crippen LogP) is 5.07. The normalized spacial score (nSPS) is 31.1. The van der Waals surface area contributed by atoms with E-state index in [2.05, 4.69) is 23.7 Å². The van der Waals surface area contributed by atoms with Crippen molar-refractivity contribution in [1.82, 2.24) is 5.32 Å². The van der Waals surface area contributed by atoms with E-state index in [-0.39, 0.29) is 0 Å². The zero-order valence-electron chi connectivity index (χ0n) is 12.2. The Morgan fingerprint density at radius 1 is 1.21 bits per heavy atom. The quantitative estimate of drug-likeness (QED) is 0.810. The molecule has 0 spiro atoms. The maximum absolute atomic E-state index is 3.97. The van der Waals surface area contributed by atoms with Crippen molar-refractivity contribution in [2.75, 3.05) is 0 Å². The van der Waals surface area contributed by atoms with Gasteiger partial charge in [0.05, 0.1) is 0 Å². The second-order valence-corrected chi connectivity index (χ2v) is 7.42. The molecule has 1 heterocycles. The van der Waals surface area contributed by atoms with E-state index in [4.69, 9.17) is 0 Å². The predicted molar refractivity (Wildman–Crippen MR) is 83.8 cm³/mol. The molecule has 0 amide bonds. The van der Waals surface area contributed by atoms with Gasteiger partial charge in [0.25, 0.3) is 0 Å². The number of hydrogen-bond donors (Lipinski definition) is 1. The fourth-order valence-corrected chi connectivity index (χ4v) is 4.96. The van der Waals surface area contributed by atoms with Crippen molar-refractivity contribution in [1.29, 1.82) is 0 Å². The minimum Gasteiger partial charge on any atom is -0.307 e. The van der Waals surface area contributed by atoms with Crippen LogP contribution in [0.4, 0.5) is 0 Å². The zero-order chi connectivity index (χ0) is 13.1. The third-order valence-corrected chi connectivity index (χ3v) is 6.03. The van der Waals surface area contributed by atoms with Crippen molar-refractivity contribution in [3.05, 3.63) is 21.9 Å². The van der Waals surface area contributed by atoms with E-state index in [1.54, 1.807) is 10.4 Å². The Morgan fingerprint density at radius 3 is 2.84 bits per heavy atom. The van der Waals surface area contributed by atoms with Crippen LogP contribution in [0, 0.1) is 5.92 Å². The summed E-state index contributed by atoms with van der Waals surface area (Å²) in [6, 6.07) is 3.80. The first-order valence-corrected chi connectivity index (χ1v) is 9.07. The minimum absolute atomic E-state index is 0.655. The maximum atomic E-state index is 3.97. The van der Waals surface area contributed by atoms with Gasteiger partial charge in [-0.2, -0.15) is 0 Å². The minimum atomic E-state index is 0.655. The molecular weight excluding hydrogens is 250 g/mol. The highest BCUT2D eigenvalue weighted by atomic mass is 32.1. The molecular formula is C17H27NS. The van der Waals surface area contributed by atoms with Crippen LogP contribution >= 0.6 is 11.3 Å². The Hall–Kier alpha value is -0.340. The van der Waals surface area contributed by atoms with Gasteiger partial charge in [-0.15, -0.1) is 11.3 Å². The summed E-state index contributed by atoms with van der Waals surface area (Å²) in [4.78, 5) is 1.64. The topological polar surface area (TPSA) is 12.0 Å². The molecule has 1 aromatic rings. The third-order valence-electron chi connectivity index (χ3n) is 5.03. The molecule has 1 nitrogen and oxygen atoms in total. The fourth-order valence-electron chi connectivity index (χ4n) is 3.97. The number of aryl methyl sites for hydroxylation is 1. The second-order valence-electron chi connectivity index (χ2n) is 6.42. The molecule has 2 aliphatic carbocycles. The van der Waals surface area contributed by atoms with Gasteiger partial charge >= 0.3 is 0 Å². The third kappa shape index (κ3) is 3.22. The lowest BCUT2D eigenvalue weighted by Gasteiger charge is -2.33.